The minimum atomic E-state index is -0.0951. The summed E-state index contributed by atoms with van der Waals surface area (Å²) in [5.74, 6) is 1.13. The molecule has 0 spiro atoms. The molecule has 0 amide bonds. The molecule has 1 aromatic carbocycles. The van der Waals surface area contributed by atoms with Gasteiger partial charge >= 0.3 is 0 Å². The lowest BCUT2D eigenvalue weighted by molar-refractivity contribution is 0.103. The second kappa shape index (κ2) is 6.00. The molecular formula is C15H15NO3. The number of hydrogen-bond acceptors (Lipinski definition) is 4. The third-order valence-electron chi connectivity index (χ3n) is 2.68. The van der Waals surface area contributed by atoms with E-state index in [9.17, 15) is 4.79 Å². The lowest BCUT2D eigenvalue weighted by Gasteiger charge is -2.07. The summed E-state index contributed by atoms with van der Waals surface area (Å²) >= 11 is 0. The van der Waals surface area contributed by atoms with Gasteiger partial charge < -0.3 is 9.47 Å². The summed E-state index contributed by atoms with van der Waals surface area (Å²) in [7, 11) is 1.52. The van der Waals surface area contributed by atoms with Crippen molar-refractivity contribution in [3.05, 3.63) is 53.9 Å². The van der Waals surface area contributed by atoms with Gasteiger partial charge in [0.15, 0.2) is 5.78 Å². The van der Waals surface area contributed by atoms with Gasteiger partial charge in [-0.3, -0.25) is 9.78 Å². The fourth-order valence-corrected chi connectivity index (χ4v) is 1.75. The van der Waals surface area contributed by atoms with Crippen LogP contribution in [0.5, 0.6) is 11.5 Å². The Labute approximate surface area is 112 Å². The first-order chi connectivity index (χ1) is 9.26. The zero-order valence-electron chi connectivity index (χ0n) is 10.9. The summed E-state index contributed by atoms with van der Waals surface area (Å²) in [5, 5.41) is 0. The topological polar surface area (TPSA) is 48.4 Å². The van der Waals surface area contributed by atoms with Gasteiger partial charge in [0.2, 0.25) is 0 Å². The minimum absolute atomic E-state index is 0.0951. The van der Waals surface area contributed by atoms with Crippen LogP contribution in [0.3, 0.4) is 0 Å². The monoisotopic (exact) mass is 257 g/mol. The predicted molar refractivity (Wildman–Crippen MR) is 71.8 cm³/mol. The maximum absolute atomic E-state index is 12.3. The highest BCUT2D eigenvalue weighted by atomic mass is 16.5. The number of aromatic nitrogens is 1. The quantitative estimate of drug-likeness (QED) is 0.773. The molecule has 0 N–H and O–H groups in total. The van der Waals surface area contributed by atoms with Crippen molar-refractivity contribution in [2.45, 2.75) is 6.92 Å². The number of nitrogens with zero attached hydrogens (tertiary/aromatic N) is 1. The predicted octanol–water partition coefficient (Wildman–Crippen LogP) is 2.72. The summed E-state index contributed by atoms with van der Waals surface area (Å²) in [6.07, 6.45) is 3.10. The van der Waals surface area contributed by atoms with Gasteiger partial charge in [-0.1, -0.05) is 0 Å². The van der Waals surface area contributed by atoms with Crippen LogP contribution in [0, 0.1) is 0 Å². The first-order valence-corrected chi connectivity index (χ1v) is 6.01. The summed E-state index contributed by atoms with van der Waals surface area (Å²) in [6.45, 7) is 2.52. The molecule has 0 radical (unpaired) electrons. The van der Waals surface area contributed by atoms with Gasteiger partial charge in [-0.15, -0.1) is 0 Å². The molecule has 0 saturated carbocycles. The number of carbonyl (C=O) groups excluding carboxylic acids is 1. The molecule has 1 heterocycles. The molecule has 0 unspecified atom stereocenters. The average Bonchev–Trinajstić information content (AvgIpc) is 2.47. The van der Waals surface area contributed by atoms with Gasteiger partial charge in [0, 0.05) is 11.8 Å². The first kappa shape index (κ1) is 13.1. The van der Waals surface area contributed by atoms with Gasteiger partial charge in [0.05, 0.1) is 25.5 Å². The number of rotatable bonds is 5. The van der Waals surface area contributed by atoms with E-state index in [2.05, 4.69) is 4.98 Å². The van der Waals surface area contributed by atoms with Gasteiger partial charge in [-0.25, -0.2) is 0 Å². The number of pyridine rings is 1. The second-order valence-corrected chi connectivity index (χ2v) is 3.86. The number of ketones is 1. The normalized spacial score (nSPS) is 10.0. The molecule has 0 saturated heterocycles. The van der Waals surface area contributed by atoms with Crippen LogP contribution in [0.25, 0.3) is 0 Å². The maximum Gasteiger partial charge on any atom is 0.196 e. The van der Waals surface area contributed by atoms with Crippen LogP contribution in [-0.2, 0) is 0 Å². The van der Waals surface area contributed by atoms with Crippen molar-refractivity contribution in [1.82, 2.24) is 4.98 Å². The Morgan fingerprint density at radius 2 is 1.95 bits per heavy atom. The number of carbonyl (C=O) groups is 1. The Morgan fingerprint density at radius 3 is 2.58 bits per heavy atom. The average molecular weight is 257 g/mol. The molecule has 0 aliphatic heterocycles. The van der Waals surface area contributed by atoms with Crippen molar-refractivity contribution in [3.63, 3.8) is 0 Å². The van der Waals surface area contributed by atoms with E-state index in [4.69, 9.17) is 9.47 Å². The Morgan fingerprint density at radius 1 is 1.21 bits per heavy atom. The number of ether oxygens (including phenoxy) is 2. The van der Waals surface area contributed by atoms with E-state index in [-0.39, 0.29) is 5.78 Å². The number of methoxy groups -OCH3 is 1. The molecule has 0 aliphatic rings. The highest BCUT2D eigenvalue weighted by Crippen LogP contribution is 2.21. The van der Waals surface area contributed by atoms with Crippen molar-refractivity contribution in [2.24, 2.45) is 0 Å². The van der Waals surface area contributed by atoms with E-state index in [1.807, 2.05) is 6.92 Å². The standard InChI is InChI=1S/C15H15NO3/c1-3-19-12-6-4-11(5-7-12)15(17)13-8-9-16-10-14(13)18-2/h4-10H,3H2,1-2H3. The highest BCUT2D eigenvalue weighted by Gasteiger charge is 2.14. The molecule has 2 rings (SSSR count). The molecule has 0 atom stereocenters. The molecule has 19 heavy (non-hydrogen) atoms. The Kier molecular flexibility index (Phi) is 4.13. The Hall–Kier alpha value is -2.36. The molecule has 1 aromatic heterocycles. The van der Waals surface area contributed by atoms with Gasteiger partial charge in [-0.05, 0) is 37.3 Å². The second-order valence-electron chi connectivity index (χ2n) is 3.86. The van der Waals surface area contributed by atoms with E-state index < -0.39 is 0 Å². The van der Waals surface area contributed by atoms with E-state index in [0.717, 1.165) is 5.75 Å². The van der Waals surface area contributed by atoms with Crippen molar-refractivity contribution >= 4 is 5.78 Å². The van der Waals surface area contributed by atoms with Crippen LogP contribution in [0.15, 0.2) is 42.7 Å². The third kappa shape index (κ3) is 2.91. The zero-order chi connectivity index (χ0) is 13.7. The van der Waals surface area contributed by atoms with Crippen LogP contribution in [0.2, 0.25) is 0 Å². The molecule has 0 fully saturated rings. The van der Waals surface area contributed by atoms with E-state index >= 15 is 0 Å². The van der Waals surface area contributed by atoms with Crippen LogP contribution < -0.4 is 9.47 Å². The lowest BCUT2D eigenvalue weighted by atomic mass is 10.0. The largest absolute Gasteiger partial charge is 0.494 e. The minimum Gasteiger partial charge on any atom is -0.494 e. The Balaban J connectivity index is 2.28. The van der Waals surface area contributed by atoms with Crippen molar-refractivity contribution in [1.29, 1.82) is 0 Å². The molecule has 4 nitrogen and oxygen atoms in total. The number of hydrogen-bond donors (Lipinski definition) is 0. The molecule has 0 aliphatic carbocycles. The highest BCUT2D eigenvalue weighted by molar-refractivity contribution is 6.10. The fraction of sp³-hybridized carbons (Fsp3) is 0.200. The van der Waals surface area contributed by atoms with E-state index in [1.165, 1.54) is 13.3 Å². The van der Waals surface area contributed by atoms with Crippen LogP contribution in [0.1, 0.15) is 22.8 Å². The van der Waals surface area contributed by atoms with E-state index in [0.29, 0.717) is 23.5 Å². The van der Waals surface area contributed by atoms with Gasteiger partial charge in [0.1, 0.15) is 11.5 Å². The summed E-state index contributed by atoms with van der Waals surface area (Å²) in [6, 6.07) is 8.70. The fourth-order valence-electron chi connectivity index (χ4n) is 1.75. The SMILES string of the molecule is CCOc1ccc(C(=O)c2ccncc2OC)cc1. The third-order valence-corrected chi connectivity index (χ3v) is 2.68. The molecular weight excluding hydrogens is 242 g/mol. The Bertz CT molecular complexity index is 564. The molecule has 98 valence electrons. The smallest absolute Gasteiger partial charge is 0.196 e. The lowest BCUT2D eigenvalue weighted by Crippen LogP contribution is -2.04. The van der Waals surface area contributed by atoms with Crippen LogP contribution in [-0.4, -0.2) is 24.5 Å². The maximum atomic E-state index is 12.3. The first-order valence-electron chi connectivity index (χ1n) is 6.01. The van der Waals surface area contributed by atoms with Crippen molar-refractivity contribution in [3.8, 4) is 11.5 Å². The summed E-state index contributed by atoms with van der Waals surface area (Å²) in [4.78, 5) is 16.3. The zero-order valence-corrected chi connectivity index (χ0v) is 10.9. The van der Waals surface area contributed by atoms with Crippen LogP contribution in [0.4, 0.5) is 0 Å². The van der Waals surface area contributed by atoms with Gasteiger partial charge in [0.25, 0.3) is 0 Å². The van der Waals surface area contributed by atoms with Crippen molar-refractivity contribution < 1.29 is 14.3 Å². The molecule has 0 bridgehead atoms. The number of benzene rings is 1. The van der Waals surface area contributed by atoms with Crippen LogP contribution >= 0.6 is 0 Å². The molecule has 2 aromatic rings. The summed E-state index contributed by atoms with van der Waals surface area (Å²) in [5.41, 5.74) is 1.09. The molecule has 4 heteroatoms. The van der Waals surface area contributed by atoms with E-state index in [1.54, 1.807) is 36.5 Å². The van der Waals surface area contributed by atoms with Gasteiger partial charge in [-0.2, -0.15) is 0 Å². The van der Waals surface area contributed by atoms with Crippen molar-refractivity contribution in [2.75, 3.05) is 13.7 Å². The summed E-state index contributed by atoms with van der Waals surface area (Å²) < 4.78 is 10.5.